The van der Waals surface area contributed by atoms with Crippen molar-refractivity contribution in [2.75, 3.05) is 6.61 Å². The molecule has 3 heteroatoms. The highest BCUT2D eigenvalue weighted by Crippen LogP contribution is 2.11. The van der Waals surface area contributed by atoms with Crippen LogP contribution in [0.15, 0.2) is 30.3 Å². The van der Waals surface area contributed by atoms with Crippen molar-refractivity contribution in [2.24, 2.45) is 0 Å². The van der Waals surface area contributed by atoms with Gasteiger partial charge in [-0.1, -0.05) is 44.2 Å². The topological polar surface area (TPSA) is 53.0 Å². The quantitative estimate of drug-likeness (QED) is 0.427. The zero-order chi connectivity index (χ0) is 11.7. The average Bonchev–Trinajstić information content (AvgIpc) is 3.06. The molecule has 3 nitrogen and oxygen atoms in total. The number of ether oxygens (including phenoxy) is 1. The Labute approximate surface area is 91.3 Å². The van der Waals surface area contributed by atoms with Gasteiger partial charge in [0.1, 0.15) is 0 Å². The van der Waals surface area contributed by atoms with Crippen molar-refractivity contribution < 1.29 is 15.3 Å². The minimum absolute atomic E-state index is 0.583. The van der Waals surface area contributed by atoms with Gasteiger partial charge in [-0.3, -0.25) is 10.5 Å². The molecule has 2 N–H and O–H groups in total. The van der Waals surface area contributed by atoms with Gasteiger partial charge in [-0.2, -0.15) is 0 Å². The first-order valence-electron chi connectivity index (χ1n) is 5.06. The average molecular weight is 212 g/mol. The Bertz CT molecular complexity index is 230. The second-order valence-corrected chi connectivity index (χ2v) is 3.71. The monoisotopic (exact) mass is 212 g/mol. The maximum absolute atomic E-state index is 6.00. The first kappa shape index (κ1) is 14.1. The van der Waals surface area contributed by atoms with Gasteiger partial charge in [-0.05, 0) is 18.4 Å². The van der Waals surface area contributed by atoms with Crippen molar-refractivity contribution in [1.29, 1.82) is 0 Å². The Morgan fingerprint density at radius 1 is 1.20 bits per heavy atom. The van der Waals surface area contributed by atoms with E-state index in [0.717, 1.165) is 6.61 Å². The van der Waals surface area contributed by atoms with Crippen LogP contribution < -0.4 is 0 Å². The molecular weight excluding hydrogens is 192 g/mol. The second kappa shape index (κ2) is 8.41. The number of rotatable bonds is 1. The van der Waals surface area contributed by atoms with Gasteiger partial charge in [0.15, 0.2) is 0 Å². The molecule has 1 aliphatic heterocycles. The van der Waals surface area contributed by atoms with Crippen LogP contribution in [0, 0.1) is 0 Å². The predicted molar refractivity (Wildman–Crippen MR) is 61.2 cm³/mol. The number of hydrogen-bond donors (Lipinski definition) is 2. The summed E-state index contributed by atoms with van der Waals surface area (Å²) in [7, 11) is 0. The second-order valence-electron chi connectivity index (χ2n) is 3.71. The molecule has 86 valence electrons. The Hall–Kier alpha value is -0.900. The fraction of sp³-hybridized carbons (Fsp3) is 0.500. The van der Waals surface area contributed by atoms with Gasteiger partial charge in [0, 0.05) is 0 Å². The summed E-state index contributed by atoms with van der Waals surface area (Å²) in [4.78, 5) is 0. The molecule has 2 rings (SSSR count). The van der Waals surface area contributed by atoms with Gasteiger partial charge >= 0.3 is 0 Å². The molecule has 0 aliphatic carbocycles. The summed E-state index contributed by atoms with van der Waals surface area (Å²) in [6, 6.07) is 10.5. The lowest BCUT2D eigenvalue weighted by Gasteiger charge is -2.01. The van der Waals surface area contributed by atoms with Crippen LogP contribution in [0.1, 0.15) is 32.3 Å². The minimum Gasteiger partial charge on any atom is -0.373 e. The van der Waals surface area contributed by atoms with Gasteiger partial charge in [0.2, 0.25) is 0 Å². The van der Waals surface area contributed by atoms with Gasteiger partial charge in [-0.15, -0.1) is 0 Å². The molecule has 0 saturated carbocycles. The summed E-state index contributed by atoms with van der Waals surface area (Å²) in [6.45, 7) is 7.45. The van der Waals surface area contributed by atoms with E-state index in [1.54, 1.807) is 0 Å². The molecule has 1 saturated heterocycles. The first-order valence-corrected chi connectivity index (χ1v) is 5.06. The molecule has 1 unspecified atom stereocenters. The molecule has 0 aromatic heterocycles. The van der Waals surface area contributed by atoms with E-state index in [2.05, 4.69) is 45.0 Å². The lowest BCUT2D eigenvalue weighted by atomic mass is 10.0. The van der Waals surface area contributed by atoms with Gasteiger partial charge < -0.3 is 4.74 Å². The van der Waals surface area contributed by atoms with E-state index in [4.69, 9.17) is 15.3 Å². The third-order valence-corrected chi connectivity index (χ3v) is 1.97. The number of hydrogen-bond acceptors (Lipinski definition) is 3. The van der Waals surface area contributed by atoms with Crippen LogP contribution in [-0.2, 0) is 4.74 Å². The molecule has 1 aromatic carbocycles. The molecule has 1 fully saturated rings. The van der Waals surface area contributed by atoms with Gasteiger partial charge in [0.25, 0.3) is 0 Å². The lowest BCUT2D eigenvalue weighted by molar-refractivity contribution is -0.176. The highest BCUT2D eigenvalue weighted by atomic mass is 17.0. The predicted octanol–water partition coefficient (Wildman–Crippen LogP) is 3.23. The largest absolute Gasteiger partial charge is 0.373 e. The molecule has 0 bridgehead atoms. The van der Waals surface area contributed by atoms with E-state index in [-0.39, 0.29) is 0 Å². The summed E-state index contributed by atoms with van der Waals surface area (Å²) in [5.41, 5.74) is 1.41. The zero-order valence-corrected chi connectivity index (χ0v) is 9.55. The van der Waals surface area contributed by atoms with E-state index < -0.39 is 0 Å². The fourth-order valence-corrected chi connectivity index (χ4v) is 0.934. The Morgan fingerprint density at radius 2 is 1.60 bits per heavy atom. The van der Waals surface area contributed by atoms with Crippen LogP contribution in [-0.4, -0.2) is 23.2 Å². The Morgan fingerprint density at radius 3 is 1.80 bits per heavy atom. The minimum atomic E-state index is 0.583. The summed E-state index contributed by atoms with van der Waals surface area (Å²) in [5, 5.41) is 12.0. The highest BCUT2D eigenvalue weighted by molar-refractivity contribution is 5.17. The van der Waals surface area contributed by atoms with Crippen molar-refractivity contribution in [3.63, 3.8) is 0 Å². The first-order chi connectivity index (χ1) is 7.20. The van der Waals surface area contributed by atoms with Crippen LogP contribution in [0.25, 0.3) is 0 Å². The van der Waals surface area contributed by atoms with Gasteiger partial charge in [-0.25, -0.2) is 0 Å². The number of epoxide rings is 1. The molecule has 1 atom stereocenters. The normalized spacial score (nSPS) is 17.1. The molecule has 0 radical (unpaired) electrons. The Kier molecular flexibility index (Phi) is 7.91. The van der Waals surface area contributed by atoms with E-state index in [1.165, 1.54) is 5.56 Å². The van der Waals surface area contributed by atoms with E-state index in [9.17, 15) is 0 Å². The molecule has 0 spiro atoms. The van der Waals surface area contributed by atoms with Crippen LogP contribution in [0.4, 0.5) is 0 Å². The van der Waals surface area contributed by atoms with Crippen molar-refractivity contribution >= 4 is 0 Å². The highest BCUT2D eigenvalue weighted by Gasteiger charge is 2.13. The van der Waals surface area contributed by atoms with E-state index in [0.29, 0.717) is 12.0 Å². The Balaban J connectivity index is 0.000000272. The number of benzene rings is 1. The standard InChI is InChI=1S/C9H12.C3H6O.H2O2/c1-8(2)9-6-4-3-5-7-9;1-3-2-4-3;1-2/h3-8H,1-2H3;3H,2H2,1H3;1-2H. The van der Waals surface area contributed by atoms with E-state index >= 15 is 0 Å². The van der Waals surface area contributed by atoms with Crippen LogP contribution in [0.2, 0.25) is 0 Å². The van der Waals surface area contributed by atoms with Gasteiger partial charge in [0.05, 0.1) is 12.7 Å². The summed E-state index contributed by atoms with van der Waals surface area (Å²) >= 11 is 0. The molecule has 15 heavy (non-hydrogen) atoms. The molecular formula is C12H20O3. The van der Waals surface area contributed by atoms with Crippen molar-refractivity contribution in [1.82, 2.24) is 0 Å². The maximum Gasteiger partial charge on any atom is 0.0781 e. The molecule has 1 heterocycles. The summed E-state index contributed by atoms with van der Waals surface area (Å²) < 4.78 is 4.71. The van der Waals surface area contributed by atoms with Crippen LogP contribution in [0.5, 0.6) is 0 Å². The smallest absolute Gasteiger partial charge is 0.0781 e. The molecule has 1 aliphatic rings. The third kappa shape index (κ3) is 8.12. The summed E-state index contributed by atoms with van der Waals surface area (Å²) in [5.74, 6) is 0.659. The van der Waals surface area contributed by atoms with Crippen LogP contribution in [0.3, 0.4) is 0 Å². The van der Waals surface area contributed by atoms with Crippen molar-refractivity contribution in [2.45, 2.75) is 32.8 Å². The lowest BCUT2D eigenvalue weighted by Crippen LogP contribution is -1.83. The summed E-state index contributed by atoms with van der Waals surface area (Å²) in [6.07, 6.45) is 0.583. The SMILES string of the molecule is CC(C)c1ccccc1.CC1CO1.OO. The zero-order valence-electron chi connectivity index (χ0n) is 9.55. The third-order valence-electron chi connectivity index (χ3n) is 1.97. The molecule has 0 amide bonds. The van der Waals surface area contributed by atoms with Crippen molar-refractivity contribution in [3.8, 4) is 0 Å². The van der Waals surface area contributed by atoms with Crippen molar-refractivity contribution in [3.05, 3.63) is 35.9 Å². The maximum atomic E-state index is 6.00. The fourth-order valence-electron chi connectivity index (χ4n) is 0.934. The molecule has 1 aromatic rings. The van der Waals surface area contributed by atoms with E-state index in [1.807, 2.05) is 6.07 Å². The van der Waals surface area contributed by atoms with Crippen LogP contribution >= 0.6 is 0 Å².